The van der Waals surface area contributed by atoms with Crippen LogP contribution < -0.4 is 0 Å². The number of carbonyl (C=O) groups excluding carboxylic acids is 1. The molecule has 0 amide bonds. The first-order valence-corrected chi connectivity index (χ1v) is 7.39. The normalized spacial score (nSPS) is 31.6. The van der Waals surface area contributed by atoms with Gasteiger partial charge in [0, 0.05) is 5.41 Å². The second-order valence-corrected chi connectivity index (χ2v) is 6.89. The lowest BCUT2D eigenvalue weighted by Gasteiger charge is -2.34. The lowest BCUT2D eigenvalue weighted by atomic mass is 9.70. The molecular weight excluding hydrogens is 269 g/mol. The van der Waals surface area contributed by atoms with Gasteiger partial charge in [-0.2, -0.15) is 0 Å². The van der Waals surface area contributed by atoms with Crippen molar-refractivity contribution >= 4 is 11.7 Å². The minimum Gasteiger partial charge on any atom is -0.313 e. The van der Waals surface area contributed by atoms with Gasteiger partial charge in [0.1, 0.15) is 5.82 Å². The van der Waals surface area contributed by atoms with Gasteiger partial charge < -0.3 is 4.84 Å². The van der Waals surface area contributed by atoms with Crippen molar-refractivity contribution in [3.8, 4) is 0 Å². The molecule has 2 aliphatic carbocycles. The Balaban J connectivity index is 1.79. The third-order valence-electron chi connectivity index (χ3n) is 5.84. The van der Waals surface area contributed by atoms with E-state index in [2.05, 4.69) is 25.9 Å². The number of halogens is 1. The third-order valence-corrected chi connectivity index (χ3v) is 5.84. The Labute approximate surface area is 124 Å². The van der Waals surface area contributed by atoms with Crippen LogP contribution in [0.1, 0.15) is 50.4 Å². The number of carbonyl (C=O) groups is 1. The van der Waals surface area contributed by atoms with Crippen LogP contribution in [0.5, 0.6) is 0 Å². The molecule has 2 atom stereocenters. The maximum absolute atomic E-state index is 13.5. The Hall–Kier alpha value is -1.71. The van der Waals surface area contributed by atoms with Crippen LogP contribution in [0.25, 0.3) is 0 Å². The minimum atomic E-state index is -0.732. The molecule has 112 valence electrons. The smallest absolute Gasteiger partial charge is 0.313 e. The molecular formula is C17H20FNO2. The fourth-order valence-corrected chi connectivity index (χ4v) is 3.84. The molecule has 2 fully saturated rings. The van der Waals surface area contributed by atoms with E-state index < -0.39 is 11.8 Å². The predicted octanol–water partition coefficient (Wildman–Crippen LogP) is 4.18. The summed E-state index contributed by atoms with van der Waals surface area (Å²) in [5.74, 6) is -0.722. The number of benzene rings is 1. The highest BCUT2D eigenvalue weighted by atomic mass is 19.1. The number of hydrogen-bond acceptors (Lipinski definition) is 3. The van der Waals surface area contributed by atoms with E-state index in [9.17, 15) is 9.18 Å². The van der Waals surface area contributed by atoms with Crippen LogP contribution in [0.3, 0.4) is 0 Å². The molecule has 0 aromatic heterocycles. The average Bonchev–Trinajstić information content (AvgIpc) is 2.78. The molecule has 0 radical (unpaired) electrons. The quantitative estimate of drug-likeness (QED) is 0.605. The highest BCUT2D eigenvalue weighted by Gasteiger charge is 2.60. The first-order chi connectivity index (χ1) is 9.86. The Kier molecular flexibility index (Phi) is 3.15. The zero-order chi connectivity index (χ0) is 15.3. The predicted molar refractivity (Wildman–Crippen MR) is 78.5 cm³/mol. The van der Waals surface area contributed by atoms with Crippen molar-refractivity contribution in [1.82, 2.24) is 0 Å². The van der Waals surface area contributed by atoms with E-state index in [0.29, 0.717) is 5.92 Å². The van der Waals surface area contributed by atoms with Crippen molar-refractivity contribution in [2.45, 2.75) is 40.0 Å². The Morgan fingerprint density at radius 2 is 2.05 bits per heavy atom. The molecule has 1 aromatic rings. The molecule has 2 unspecified atom stereocenters. The van der Waals surface area contributed by atoms with Gasteiger partial charge in [0.2, 0.25) is 0 Å². The summed E-state index contributed by atoms with van der Waals surface area (Å²) in [6, 6.07) is 5.79. The summed E-state index contributed by atoms with van der Waals surface area (Å²) in [5.41, 5.74) is 1.02. The molecule has 2 bridgehead atoms. The first kappa shape index (κ1) is 14.2. The van der Waals surface area contributed by atoms with Crippen molar-refractivity contribution in [3.63, 3.8) is 0 Å². The second-order valence-electron chi connectivity index (χ2n) is 6.89. The summed E-state index contributed by atoms with van der Waals surface area (Å²) in [5, 5.41) is 4.09. The Morgan fingerprint density at radius 3 is 2.62 bits per heavy atom. The van der Waals surface area contributed by atoms with Crippen LogP contribution in [-0.2, 0) is 4.84 Å². The molecule has 1 aromatic carbocycles. The minimum absolute atomic E-state index is 0.0207. The molecule has 4 heteroatoms. The largest absolute Gasteiger partial charge is 0.368 e. The van der Waals surface area contributed by atoms with Gasteiger partial charge in [-0.25, -0.2) is 9.18 Å². The Bertz CT molecular complexity index is 623. The number of nitrogens with zero attached hydrogens (tertiary/aromatic N) is 1. The van der Waals surface area contributed by atoms with Gasteiger partial charge in [-0.3, -0.25) is 0 Å². The van der Waals surface area contributed by atoms with Crippen LogP contribution in [0.2, 0.25) is 0 Å². The average molecular weight is 289 g/mol. The summed E-state index contributed by atoms with van der Waals surface area (Å²) < 4.78 is 13.5. The van der Waals surface area contributed by atoms with Crippen LogP contribution in [0.4, 0.5) is 4.39 Å². The summed E-state index contributed by atoms with van der Waals surface area (Å²) in [6.07, 6.45) is 3.14. The molecule has 0 saturated heterocycles. The number of rotatable bonds is 2. The van der Waals surface area contributed by atoms with E-state index in [1.165, 1.54) is 24.6 Å². The van der Waals surface area contributed by atoms with Crippen molar-refractivity contribution in [3.05, 3.63) is 35.6 Å². The van der Waals surface area contributed by atoms with E-state index in [1.54, 1.807) is 6.07 Å². The fraction of sp³-hybridized carbons (Fsp3) is 0.529. The standard InChI is InChI=1S/C17H20FNO2/c1-16(2)11-8-9-17(16,3)14(10-11)19-21-15(20)12-6-4-5-7-13(12)18/h4-7,11H,8-10H2,1-3H3. The van der Waals surface area contributed by atoms with Crippen LogP contribution >= 0.6 is 0 Å². The topological polar surface area (TPSA) is 38.7 Å². The molecule has 2 aliphatic rings. The van der Waals surface area contributed by atoms with Crippen molar-refractivity contribution in [2.75, 3.05) is 0 Å². The molecule has 3 rings (SSSR count). The van der Waals surface area contributed by atoms with Crippen molar-refractivity contribution in [1.29, 1.82) is 0 Å². The molecule has 0 spiro atoms. The van der Waals surface area contributed by atoms with E-state index >= 15 is 0 Å². The SMILES string of the molecule is CC12CCC(CC1=NOC(=O)c1ccccc1F)C2(C)C. The molecule has 0 N–H and O–H groups in total. The van der Waals surface area contributed by atoms with E-state index in [0.717, 1.165) is 18.6 Å². The van der Waals surface area contributed by atoms with Crippen molar-refractivity contribution < 1.29 is 14.0 Å². The van der Waals surface area contributed by atoms with Crippen LogP contribution in [-0.4, -0.2) is 11.7 Å². The zero-order valence-corrected chi connectivity index (χ0v) is 12.6. The van der Waals surface area contributed by atoms with Gasteiger partial charge in [-0.1, -0.05) is 38.1 Å². The number of hydrogen-bond donors (Lipinski definition) is 0. The van der Waals surface area contributed by atoms with E-state index in [1.807, 2.05) is 0 Å². The number of oxime groups is 1. The second kappa shape index (κ2) is 4.65. The van der Waals surface area contributed by atoms with Crippen molar-refractivity contribution in [2.24, 2.45) is 21.9 Å². The third kappa shape index (κ3) is 2.00. The van der Waals surface area contributed by atoms with Gasteiger partial charge in [-0.05, 0) is 42.7 Å². The summed E-state index contributed by atoms with van der Waals surface area (Å²) in [7, 11) is 0. The lowest BCUT2D eigenvalue weighted by molar-refractivity contribution is 0.0503. The highest BCUT2D eigenvalue weighted by molar-refractivity contribution is 5.95. The molecule has 0 aliphatic heterocycles. The lowest BCUT2D eigenvalue weighted by Crippen LogP contribution is -2.32. The van der Waals surface area contributed by atoms with Gasteiger partial charge in [-0.15, -0.1) is 0 Å². The maximum atomic E-state index is 13.5. The van der Waals surface area contributed by atoms with Crippen LogP contribution in [0, 0.1) is 22.6 Å². The Morgan fingerprint density at radius 1 is 1.33 bits per heavy atom. The van der Waals surface area contributed by atoms with E-state index in [4.69, 9.17) is 4.84 Å². The highest BCUT2D eigenvalue weighted by Crippen LogP contribution is 2.63. The van der Waals surface area contributed by atoms with Gasteiger partial charge in [0.25, 0.3) is 0 Å². The summed E-state index contributed by atoms with van der Waals surface area (Å²) in [4.78, 5) is 16.9. The van der Waals surface area contributed by atoms with Gasteiger partial charge >= 0.3 is 5.97 Å². The first-order valence-electron chi connectivity index (χ1n) is 7.39. The summed E-state index contributed by atoms with van der Waals surface area (Å²) >= 11 is 0. The van der Waals surface area contributed by atoms with Gasteiger partial charge in [0.05, 0.1) is 11.3 Å². The molecule has 2 saturated carbocycles. The molecule has 3 nitrogen and oxygen atoms in total. The monoisotopic (exact) mass is 289 g/mol. The number of fused-ring (bicyclic) bond motifs is 2. The van der Waals surface area contributed by atoms with Crippen LogP contribution in [0.15, 0.2) is 29.4 Å². The van der Waals surface area contributed by atoms with Gasteiger partial charge in [0.15, 0.2) is 0 Å². The maximum Gasteiger partial charge on any atom is 0.368 e. The zero-order valence-electron chi connectivity index (χ0n) is 12.6. The fourth-order valence-electron chi connectivity index (χ4n) is 3.84. The summed E-state index contributed by atoms with van der Waals surface area (Å²) in [6.45, 7) is 6.70. The molecule has 0 heterocycles. The molecule has 21 heavy (non-hydrogen) atoms. The van der Waals surface area contributed by atoms with E-state index in [-0.39, 0.29) is 16.4 Å².